The maximum atomic E-state index is 13.4. The zero-order valence-electron chi connectivity index (χ0n) is 21.2. The first kappa shape index (κ1) is 26.4. The van der Waals surface area contributed by atoms with Crippen LogP contribution in [0.15, 0.2) is 53.6 Å². The number of carbonyl (C=O) groups is 1. The predicted octanol–water partition coefficient (Wildman–Crippen LogP) is 2.97. The molecule has 1 saturated heterocycles. The average Bonchev–Trinajstić information content (AvgIpc) is 3.14. The number of nitrogens with one attached hydrogen (secondary N) is 1. The molecule has 1 aliphatic rings. The van der Waals surface area contributed by atoms with E-state index in [1.807, 2.05) is 4.90 Å². The molecule has 0 unspecified atom stereocenters. The van der Waals surface area contributed by atoms with Crippen molar-refractivity contribution in [2.45, 2.75) is 44.2 Å². The molecule has 1 amide bonds. The largest absolute Gasteiger partial charge is 0.497 e. The minimum atomic E-state index is -4.28. The number of nitrogens with two attached hydrogens (primary N) is 1. The topological polar surface area (TPSA) is 148 Å². The Kier molecular flexibility index (Phi) is 7.11. The van der Waals surface area contributed by atoms with E-state index in [1.54, 1.807) is 30.3 Å². The van der Waals surface area contributed by atoms with Gasteiger partial charge in [0.05, 0.1) is 25.0 Å². The van der Waals surface area contributed by atoms with Crippen molar-refractivity contribution in [3.63, 3.8) is 0 Å². The molecule has 0 spiro atoms. The zero-order chi connectivity index (χ0) is 27.0. The van der Waals surface area contributed by atoms with E-state index >= 15 is 0 Å². The molecule has 1 atom stereocenters. The van der Waals surface area contributed by atoms with E-state index in [-0.39, 0.29) is 28.4 Å². The van der Waals surface area contributed by atoms with Gasteiger partial charge in [0.2, 0.25) is 0 Å². The fourth-order valence-electron chi connectivity index (χ4n) is 4.83. The first-order valence-corrected chi connectivity index (χ1v) is 13.3. The molecule has 3 heterocycles. The molecule has 0 saturated carbocycles. The number of rotatable bonds is 7. The third kappa shape index (κ3) is 5.37. The summed E-state index contributed by atoms with van der Waals surface area (Å²) >= 11 is 0. The molecule has 196 valence electrons. The summed E-state index contributed by atoms with van der Waals surface area (Å²) in [5.41, 5.74) is 7.42. The summed E-state index contributed by atoms with van der Waals surface area (Å²) in [5, 5.41) is 9.69. The second kappa shape index (κ2) is 9.98. The highest BCUT2D eigenvalue weighted by molar-refractivity contribution is 7.90. The lowest BCUT2D eigenvalue weighted by molar-refractivity contribution is 0.0981. The van der Waals surface area contributed by atoms with Crippen molar-refractivity contribution in [3.05, 3.63) is 59.8 Å². The van der Waals surface area contributed by atoms with Crippen molar-refractivity contribution in [3.8, 4) is 17.0 Å². The van der Waals surface area contributed by atoms with Crippen LogP contribution in [-0.2, 0) is 16.6 Å². The first-order chi connectivity index (χ1) is 17.4. The van der Waals surface area contributed by atoms with Crippen molar-refractivity contribution >= 4 is 27.6 Å². The first-order valence-electron chi connectivity index (χ1n) is 11.8. The highest BCUT2D eigenvalue weighted by Gasteiger charge is 2.39. The van der Waals surface area contributed by atoms with Crippen LogP contribution < -0.4 is 20.1 Å². The summed E-state index contributed by atoms with van der Waals surface area (Å²) in [6.45, 7) is 6.72. The van der Waals surface area contributed by atoms with Gasteiger partial charge in [-0.15, -0.1) is 0 Å². The van der Waals surface area contributed by atoms with Gasteiger partial charge in [0.25, 0.3) is 15.9 Å². The van der Waals surface area contributed by atoms with Crippen molar-refractivity contribution < 1.29 is 23.1 Å². The third-order valence-corrected chi connectivity index (χ3v) is 7.82. The van der Waals surface area contributed by atoms with Gasteiger partial charge in [0.1, 0.15) is 22.3 Å². The van der Waals surface area contributed by atoms with Gasteiger partial charge in [-0.25, -0.2) is 23.1 Å². The highest BCUT2D eigenvalue weighted by Crippen LogP contribution is 2.38. The van der Waals surface area contributed by atoms with Gasteiger partial charge >= 0.3 is 0 Å². The van der Waals surface area contributed by atoms with Gasteiger partial charge in [0, 0.05) is 23.8 Å². The smallest absolute Gasteiger partial charge is 0.268 e. The minimum Gasteiger partial charge on any atom is -0.497 e. The van der Waals surface area contributed by atoms with Crippen LogP contribution in [0, 0.1) is 5.92 Å². The van der Waals surface area contributed by atoms with E-state index in [1.165, 1.54) is 25.4 Å². The maximum absolute atomic E-state index is 13.4. The molecule has 2 aromatic heterocycles. The van der Waals surface area contributed by atoms with Crippen LogP contribution in [-0.4, -0.2) is 48.6 Å². The van der Waals surface area contributed by atoms with E-state index in [2.05, 4.69) is 30.5 Å². The zero-order valence-corrected chi connectivity index (χ0v) is 22.0. The fraction of sp³-hybridized carbons (Fsp3) is 0.346. The number of benzene rings is 1. The SMILES string of the molecule is COc1cc(CO)cc(-c2ccc(C(=O)NS(=O)(=O)c3cccnc3N)c(N3C[C@@H](C)CC3(C)C)n2)c1. The Morgan fingerprint density at radius 2 is 2.03 bits per heavy atom. The number of ether oxygens (including phenoxy) is 1. The molecule has 1 fully saturated rings. The molecular weight excluding hydrogens is 494 g/mol. The molecule has 0 aliphatic carbocycles. The van der Waals surface area contributed by atoms with Crippen molar-refractivity contribution in [2.75, 3.05) is 24.3 Å². The lowest BCUT2D eigenvalue weighted by atomic mass is 9.97. The number of nitrogen functional groups attached to an aromatic ring is 1. The number of pyridine rings is 2. The van der Waals surface area contributed by atoms with Gasteiger partial charge in [-0.1, -0.05) is 6.92 Å². The summed E-state index contributed by atoms with van der Waals surface area (Å²) in [7, 11) is -2.74. The van der Waals surface area contributed by atoms with Gasteiger partial charge in [-0.2, -0.15) is 0 Å². The lowest BCUT2D eigenvalue weighted by Gasteiger charge is -2.34. The molecule has 10 nitrogen and oxygen atoms in total. The fourth-order valence-corrected chi connectivity index (χ4v) is 5.88. The second-order valence-corrected chi connectivity index (χ2v) is 11.5. The number of methoxy groups -OCH3 is 1. The molecule has 11 heteroatoms. The number of carbonyl (C=O) groups excluding carboxylic acids is 1. The molecule has 4 rings (SSSR count). The number of nitrogens with zero attached hydrogens (tertiary/aromatic N) is 3. The molecule has 0 radical (unpaired) electrons. The van der Waals surface area contributed by atoms with Crippen LogP contribution in [0.25, 0.3) is 11.3 Å². The quantitative estimate of drug-likeness (QED) is 0.423. The van der Waals surface area contributed by atoms with E-state index in [0.29, 0.717) is 40.9 Å². The molecule has 3 aromatic rings. The van der Waals surface area contributed by atoms with Gasteiger partial charge in [-0.05, 0) is 74.2 Å². The maximum Gasteiger partial charge on any atom is 0.268 e. The summed E-state index contributed by atoms with van der Waals surface area (Å²) in [6, 6.07) is 11.2. The predicted molar refractivity (Wildman–Crippen MR) is 141 cm³/mol. The third-order valence-electron chi connectivity index (χ3n) is 6.45. The lowest BCUT2D eigenvalue weighted by Crippen LogP contribution is -2.41. The standard InChI is InChI=1S/C26H31N5O5S/c1-16-13-26(2,3)31(14-16)24-20(25(33)30-37(34,35)22-6-5-9-28-23(22)27)7-8-21(29-24)18-10-17(15-32)11-19(12-18)36-4/h5-12,16,32H,13-15H2,1-4H3,(H2,27,28)(H,30,33)/t16-/m0/s1. The Morgan fingerprint density at radius 3 is 2.65 bits per heavy atom. The Morgan fingerprint density at radius 1 is 1.27 bits per heavy atom. The van der Waals surface area contributed by atoms with Crippen molar-refractivity contribution in [2.24, 2.45) is 5.92 Å². The van der Waals surface area contributed by atoms with Crippen LogP contribution in [0.3, 0.4) is 0 Å². The molecule has 1 aromatic carbocycles. The van der Waals surface area contributed by atoms with Gasteiger partial charge in [-0.3, -0.25) is 4.79 Å². The summed E-state index contributed by atoms with van der Waals surface area (Å²) in [4.78, 5) is 23.8. The number of aliphatic hydroxyl groups excluding tert-OH is 1. The number of amides is 1. The monoisotopic (exact) mass is 525 g/mol. The Labute approximate surface area is 216 Å². The Hall–Kier alpha value is -3.70. The normalized spacial score (nSPS) is 17.0. The molecule has 37 heavy (non-hydrogen) atoms. The van der Waals surface area contributed by atoms with Gasteiger partial charge < -0.3 is 20.5 Å². The van der Waals surface area contributed by atoms with Crippen LogP contribution >= 0.6 is 0 Å². The van der Waals surface area contributed by atoms with Crippen LogP contribution in [0.2, 0.25) is 0 Å². The van der Waals surface area contributed by atoms with E-state index in [9.17, 15) is 18.3 Å². The average molecular weight is 526 g/mol. The summed E-state index contributed by atoms with van der Waals surface area (Å²) in [5.74, 6) is 0.236. The van der Waals surface area contributed by atoms with E-state index in [4.69, 9.17) is 15.5 Å². The summed E-state index contributed by atoms with van der Waals surface area (Å²) in [6.07, 6.45) is 2.24. The Balaban J connectivity index is 1.81. The minimum absolute atomic E-state index is 0.113. The molecular formula is C26H31N5O5S. The number of aliphatic hydroxyl groups is 1. The van der Waals surface area contributed by atoms with E-state index in [0.717, 1.165) is 6.42 Å². The number of sulfonamides is 1. The number of hydrogen-bond donors (Lipinski definition) is 3. The number of anilines is 2. The number of hydrogen-bond acceptors (Lipinski definition) is 9. The van der Waals surface area contributed by atoms with Crippen molar-refractivity contribution in [1.82, 2.24) is 14.7 Å². The van der Waals surface area contributed by atoms with Crippen LogP contribution in [0.1, 0.15) is 43.1 Å². The molecule has 1 aliphatic heterocycles. The highest BCUT2D eigenvalue weighted by atomic mass is 32.2. The number of aromatic nitrogens is 2. The Bertz CT molecular complexity index is 1420. The molecule has 4 N–H and O–H groups in total. The second-order valence-electron chi connectivity index (χ2n) is 9.85. The molecule has 0 bridgehead atoms. The van der Waals surface area contributed by atoms with Gasteiger partial charge in [0.15, 0.2) is 0 Å². The van der Waals surface area contributed by atoms with Crippen LogP contribution in [0.4, 0.5) is 11.6 Å². The van der Waals surface area contributed by atoms with Crippen molar-refractivity contribution in [1.29, 1.82) is 0 Å². The van der Waals surface area contributed by atoms with E-state index < -0.39 is 15.9 Å². The summed E-state index contributed by atoms with van der Waals surface area (Å²) < 4.78 is 33.4. The van der Waals surface area contributed by atoms with Crippen LogP contribution in [0.5, 0.6) is 5.75 Å².